The lowest BCUT2D eigenvalue weighted by Gasteiger charge is -2.26. The van der Waals surface area contributed by atoms with E-state index in [0.29, 0.717) is 12.1 Å². The van der Waals surface area contributed by atoms with Crippen molar-refractivity contribution in [2.75, 3.05) is 18.4 Å². The molecule has 0 bridgehead atoms. The average molecular weight is 259 g/mol. The molecule has 2 fully saturated rings. The number of hydrogen-bond acceptors (Lipinski definition) is 3. The summed E-state index contributed by atoms with van der Waals surface area (Å²) in [6.45, 7) is 4.76. The predicted molar refractivity (Wildman–Crippen MR) is 79.3 cm³/mol. The molecule has 1 aromatic rings. The van der Waals surface area contributed by atoms with Gasteiger partial charge in [0.1, 0.15) is 5.82 Å². The SMILES string of the molecule is CCCCN1CCC[C@@H]1c1cccnc1NC1CC1. The van der Waals surface area contributed by atoms with E-state index in [1.807, 2.05) is 6.20 Å². The summed E-state index contributed by atoms with van der Waals surface area (Å²) < 4.78 is 0. The number of hydrogen-bond donors (Lipinski definition) is 1. The Labute approximate surface area is 116 Å². The van der Waals surface area contributed by atoms with E-state index >= 15 is 0 Å². The summed E-state index contributed by atoms with van der Waals surface area (Å²) in [6, 6.07) is 5.62. The summed E-state index contributed by atoms with van der Waals surface area (Å²) in [5, 5.41) is 3.60. The first-order valence-electron chi connectivity index (χ1n) is 7.84. The van der Waals surface area contributed by atoms with Gasteiger partial charge >= 0.3 is 0 Å². The molecular formula is C16H25N3. The fraction of sp³-hybridized carbons (Fsp3) is 0.688. The largest absolute Gasteiger partial charge is 0.367 e. The van der Waals surface area contributed by atoms with Gasteiger partial charge in [-0.25, -0.2) is 4.98 Å². The third-order valence-corrected chi connectivity index (χ3v) is 4.28. The molecular weight excluding hydrogens is 234 g/mol. The van der Waals surface area contributed by atoms with Gasteiger partial charge in [-0.05, 0) is 51.3 Å². The highest BCUT2D eigenvalue weighted by atomic mass is 15.2. The Bertz CT molecular complexity index is 414. The number of aromatic nitrogens is 1. The van der Waals surface area contributed by atoms with Gasteiger partial charge in [0.25, 0.3) is 0 Å². The van der Waals surface area contributed by atoms with Gasteiger partial charge in [0.05, 0.1) is 0 Å². The van der Waals surface area contributed by atoms with E-state index in [-0.39, 0.29) is 0 Å². The standard InChI is InChI=1S/C16H25N3/c1-2-3-11-19-12-5-7-15(19)14-6-4-10-17-16(14)18-13-8-9-13/h4,6,10,13,15H,2-3,5,7-9,11-12H2,1H3,(H,17,18)/t15-/m1/s1. The molecule has 1 aliphatic heterocycles. The van der Waals surface area contributed by atoms with Crippen LogP contribution >= 0.6 is 0 Å². The highest BCUT2D eigenvalue weighted by Crippen LogP contribution is 2.36. The van der Waals surface area contributed by atoms with Crippen molar-refractivity contribution in [2.45, 2.75) is 57.5 Å². The lowest BCUT2D eigenvalue weighted by molar-refractivity contribution is 0.253. The summed E-state index contributed by atoms with van der Waals surface area (Å²) in [7, 11) is 0. The van der Waals surface area contributed by atoms with E-state index in [1.165, 1.54) is 57.2 Å². The van der Waals surface area contributed by atoms with E-state index in [4.69, 9.17) is 0 Å². The zero-order chi connectivity index (χ0) is 13.1. The van der Waals surface area contributed by atoms with E-state index in [1.54, 1.807) is 0 Å². The molecule has 1 aromatic heterocycles. The van der Waals surface area contributed by atoms with Crippen LogP contribution < -0.4 is 5.32 Å². The molecule has 3 rings (SSSR count). The molecule has 1 saturated heterocycles. The number of likely N-dealkylation sites (tertiary alicyclic amines) is 1. The summed E-state index contributed by atoms with van der Waals surface area (Å²) in [4.78, 5) is 7.23. The molecule has 3 nitrogen and oxygen atoms in total. The zero-order valence-corrected chi connectivity index (χ0v) is 11.9. The Morgan fingerprint density at radius 3 is 3.05 bits per heavy atom. The van der Waals surface area contributed by atoms with Gasteiger partial charge in [-0.2, -0.15) is 0 Å². The van der Waals surface area contributed by atoms with E-state index in [9.17, 15) is 0 Å². The fourth-order valence-corrected chi connectivity index (χ4v) is 3.04. The van der Waals surface area contributed by atoms with Crippen molar-refractivity contribution >= 4 is 5.82 Å². The maximum absolute atomic E-state index is 4.58. The molecule has 19 heavy (non-hydrogen) atoms. The van der Waals surface area contributed by atoms with E-state index in [2.05, 4.69) is 34.3 Å². The van der Waals surface area contributed by atoms with Crippen LogP contribution in [-0.4, -0.2) is 29.0 Å². The van der Waals surface area contributed by atoms with E-state index in [0.717, 1.165) is 5.82 Å². The highest BCUT2D eigenvalue weighted by molar-refractivity contribution is 5.47. The topological polar surface area (TPSA) is 28.2 Å². The van der Waals surface area contributed by atoms with Crippen molar-refractivity contribution in [3.8, 4) is 0 Å². The van der Waals surface area contributed by atoms with Crippen LogP contribution in [0.15, 0.2) is 18.3 Å². The first-order chi connectivity index (χ1) is 9.38. The third kappa shape index (κ3) is 3.08. The molecule has 104 valence electrons. The molecule has 0 radical (unpaired) electrons. The minimum atomic E-state index is 0.585. The lowest BCUT2D eigenvalue weighted by Crippen LogP contribution is -2.25. The second-order valence-electron chi connectivity index (χ2n) is 5.91. The molecule has 0 amide bonds. The molecule has 1 aliphatic carbocycles. The van der Waals surface area contributed by atoms with Crippen molar-refractivity contribution in [1.82, 2.24) is 9.88 Å². The maximum atomic E-state index is 4.58. The Kier molecular flexibility index (Phi) is 4.02. The predicted octanol–water partition coefficient (Wildman–Crippen LogP) is 3.59. The lowest BCUT2D eigenvalue weighted by atomic mass is 10.0. The number of unbranched alkanes of at least 4 members (excludes halogenated alkanes) is 1. The third-order valence-electron chi connectivity index (χ3n) is 4.28. The van der Waals surface area contributed by atoms with Crippen LogP contribution in [0, 0.1) is 0 Å². The van der Waals surface area contributed by atoms with Crippen molar-refractivity contribution in [1.29, 1.82) is 0 Å². The first-order valence-corrected chi connectivity index (χ1v) is 7.84. The van der Waals surface area contributed by atoms with Crippen molar-refractivity contribution in [2.24, 2.45) is 0 Å². The number of nitrogens with one attached hydrogen (secondary N) is 1. The molecule has 1 N–H and O–H groups in total. The number of anilines is 1. The van der Waals surface area contributed by atoms with Gasteiger partial charge in [0.2, 0.25) is 0 Å². The molecule has 1 atom stereocenters. The second-order valence-corrected chi connectivity index (χ2v) is 5.91. The Hall–Kier alpha value is -1.09. The Morgan fingerprint density at radius 2 is 2.26 bits per heavy atom. The molecule has 3 heteroatoms. The van der Waals surface area contributed by atoms with Gasteiger partial charge in [-0.15, -0.1) is 0 Å². The van der Waals surface area contributed by atoms with Crippen molar-refractivity contribution in [3.63, 3.8) is 0 Å². The van der Waals surface area contributed by atoms with Crippen LogP contribution in [-0.2, 0) is 0 Å². The molecule has 0 unspecified atom stereocenters. The van der Waals surface area contributed by atoms with Gasteiger partial charge in [0.15, 0.2) is 0 Å². The number of pyridine rings is 1. The molecule has 0 spiro atoms. The van der Waals surface area contributed by atoms with Gasteiger partial charge in [-0.3, -0.25) is 4.90 Å². The normalized spacial score (nSPS) is 23.7. The van der Waals surface area contributed by atoms with Crippen molar-refractivity contribution in [3.05, 3.63) is 23.9 Å². The monoisotopic (exact) mass is 259 g/mol. The van der Waals surface area contributed by atoms with E-state index < -0.39 is 0 Å². The molecule has 2 heterocycles. The van der Waals surface area contributed by atoms with Crippen LogP contribution in [0.1, 0.15) is 57.1 Å². The first kappa shape index (κ1) is 12.9. The summed E-state index contributed by atoms with van der Waals surface area (Å²) in [5.74, 6) is 1.14. The zero-order valence-electron chi connectivity index (χ0n) is 11.9. The van der Waals surface area contributed by atoms with Gasteiger partial charge in [-0.1, -0.05) is 19.4 Å². The number of nitrogens with zero attached hydrogens (tertiary/aromatic N) is 2. The Morgan fingerprint density at radius 1 is 1.37 bits per heavy atom. The van der Waals surface area contributed by atoms with Crippen LogP contribution in [0.4, 0.5) is 5.82 Å². The van der Waals surface area contributed by atoms with Crippen LogP contribution in [0.25, 0.3) is 0 Å². The summed E-state index contributed by atoms with van der Waals surface area (Å²) >= 11 is 0. The Balaban J connectivity index is 1.75. The molecule has 1 saturated carbocycles. The summed E-state index contributed by atoms with van der Waals surface area (Å²) in [5.41, 5.74) is 1.42. The van der Waals surface area contributed by atoms with Crippen LogP contribution in [0.5, 0.6) is 0 Å². The van der Waals surface area contributed by atoms with Crippen molar-refractivity contribution < 1.29 is 0 Å². The average Bonchev–Trinajstić information content (AvgIpc) is 3.13. The second kappa shape index (κ2) is 5.91. The van der Waals surface area contributed by atoms with Gasteiger partial charge in [0, 0.05) is 23.8 Å². The molecule has 0 aromatic carbocycles. The fourth-order valence-electron chi connectivity index (χ4n) is 3.04. The van der Waals surface area contributed by atoms with Gasteiger partial charge < -0.3 is 5.32 Å². The number of rotatable bonds is 6. The highest BCUT2D eigenvalue weighted by Gasteiger charge is 2.29. The van der Waals surface area contributed by atoms with Crippen LogP contribution in [0.2, 0.25) is 0 Å². The van der Waals surface area contributed by atoms with Crippen LogP contribution in [0.3, 0.4) is 0 Å². The summed E-state index contributed by atoms with van der Waals surface area (Å²) in [6.07, 6.45) is 9.73. The quantitative estimate of drug-likeness (QED) is 0.846. The molecule has 2 aliphatic rings. The minimum Gasteiger partial charge on any atom is -0.367 e. The minimum absolute atomic E-state index is 0.585. The maximum Gasteiger partial charge on any atom is 0.130 e. The smallest absolute Gasteiger partial charge is 0.130 e.